The molecule has 0 aliphatic carbocycles. The van der Waals surface area contributed by atoms with Crippen molar-refractivity contribution in [1.29, 1.82) is 0 Å². The van der Waals surface area contributed by atoms with E-state index in [9.17, 15) is 14.7 Å². The fourth-order valence-corrected chi connectivity index (χ4v) is 3.88. The van der Waals surface area contributed by atoms with Crippen molar-refractivity contribution in [2.45, 2.75) is 19.1 Å². The maximum absolute atomic E-state index is 12.5. The van der Waals surface area contributed by atoms with Gasteiger partial charge in [-0.05, 0) is 64.2 Å². The number of ether oxygens (including phenoxy) is 1. The molecule has 0 saturated carbocycles. The SMILES string of the molecule is O=C(/C=C/c1cccc(-c2ccc(Cl)cc2)c1)N[C@@H](Cc1ccc(OCc2ccccc2)cc1)C(=O)O. The van der Waals surface area contributed by atoms with Gasteiger partial charge in [0.2, 0.25) is 5.91 Å². The maximum Gasteiger partial charge on any atom is 0.326 e. The number of nitrogens with one attached hydrogen (secondary N) is 1. The summed E-state index contributed by atoms with van der Waals surface area (Å²) in [4.78, 5) is 24.3. The second-order valence-corrected chi connectivity index (χ2v) is 8.92. The van der Waals surface area contributed by atoms with Gasteiger partial charge in [0.1, 0.15) is 18.4 Å². The molecular formula is C31H26ClNO4. The van der Waals surface area contributed by atoms with Crippen LogP contribution in [0, 0.1) is 0 Å². The van der Waals surface area contributed by atoms with E-state index in [4.69, 9.17) is 16.3 Å². The van der Waals surface area contributed by atoms with Crippen LogP contribution in [0.5, 0.6) is 5.75 Å². The summed E-state index contributed by atoms with van der Waals surface area (Å²) in [5.41, 5.74) is 4.65. The molecule has 0 radical (unpaired) electrons. The molecule has 0 aromatic heterocycles. The van der Waals surface area contributed by atoms with Crippen LogP contribution in [0.2, 0.25) is 5.02 Å². The molecule has 4 aromatic rings. The minimum absolute atomic E-state index is 0.153. The topological polar surface area (TPSA) is 75.6 Å². The molecule has 1 atom stereocenters. The van der Waals surface area contributed by atoms with Gasteiger partial charge in [0, 0.05) is 17.5 Å². The zero-order chi connectivity index (χ0) is 26.0. The zero-order valence-electron chi connectivity index (χ0n) is 20.0. The predicted octanol–water partition coefficient (Wildman–Crippen LogP) is 6.41. The predicted molar refractivity (Wildman–Crippen MR) is 146 cm³/mol. The number of carbonyl (C=O) groups is 2. The molecule has 0 heterocycles. The lowest BCUT2D eigenvalue weighted by Gasteiger charge is -2.14. The van der Waals surface area contributed by atoms with Gasteiger partial charge >= 0.3 is 5.97 Å². The Morgan fingerprint density at radius 3 is 2.27 bits per heavy atom. The molecule has 0 fully saturated rings. The lowest BCUT2D eigenvalue weighted by molar-refractivity contribution is -0.141. The van der Waals surface area contributed by atoms with Gasteiger partial charge in [0.05, 0.1) is 0 Å². The van der Waals surface area contributed by atoms with Gasteiger partial charge in [0.15, 0.2) is 0 Å². The lowest BCUT2D eigenvalue weighted by Crippen LogP contribution is -2.41. The highest BCUT2D eigenvalue weighted by molar-refractivity contribution is 6.30. The number of hydrogen-bond donors (Lipinski definition) is 2. The first-order valence-electron chi connectivity index (χ1n) is 11.8. The number of halogens is 1. The van der Waals surface area contributed by atoms with E-state index in [0.717, 1.165) is 27.8 Å². The van der Waals surface area contributed by atoms with Gasteiger partial charge in [-0.15, -0.1) is 0 Å². The van der Waals surface area contributed by atoms with E-state index in [1.165, 1.54) is 6.08 Å². The quantitative estimate of drug-likeness (QED) is 0.241. The van der Waals surface area contributed by atoms with Crippen LogP contribution in [-0.2, 0) is 22.6 Å². The fourth-order valence-electron chi connectivity index (χ4n) is 3.75. The second kappa shape index (κ2) is 12.6. The van der Waals surface area contributed by atoms with E-state index in [1.54, 1.807) is 30.3 Å². The van der Waals surface area contributed by atoms with Gasteiger partial charge in [-0.2, -0.15) is 0 Å². The van der Waals surface area contributed by atoms with Gasteiger partial charge in [0.25, 0.3) is 0 Å². The molecule has 1 amide bonds. The summed E-state index contributed by atoms with van der Waals surface area (Å²) < 4.78 is 5.78. The average molecular weight is 512 g/mol. The molecule has 4 rings (SSSR count). The van der Waals surface area contributed by atoms with E-state index in [-0.39, 0.29) is 6.42 Å². The zero-order valence-corrected chi connectivity index (χ0v) is 20.8. The normalized spacial score (nSPS) is 11.7. The van der Waals surface area contributed by atoms with E-state index in [0.29, 0.717) is 17.4 Å². The molecule has 186 valence electrons. The van der Waals surface area contributed by atoms with Crippen molar-refractivity contribution in [1.82, 2.24) is 5.32 Å². The van der Waals surface area contributed by atoms with Crippen molar-refractivity contribution in [2.75, 3.05) is 0 Å². The molecule has 37 heavy (non-hydrogen) atoms. The Hall–Kier alpha value is -4.35. The van der Waals surface area contributed by atoms with E-state index >= 15 is 0 Å². The third-order valence-electron chi connectivity index (χ3n) is 5.72. The van der Waals surface area contributed by atoms with Crippen molar-refractivity contribution in [2.24, 2.45) is 0 Å². The second-order valence-electron chi connectivity index (χ2n) is 8.49. The molecule has 2 N–H and O–H groups in total. The van der Waals surface area contributed by atoms with Crippen molar-refractivity contribution in [3.8, 4) is 16.9 Å². The summed E-state index contributed by atoms with van der Waals surface area (Å²) in [7, 11) is 0. The largest absolute Gasteiger partial charge is 0.489 e. The summed E-state index contributed by atoms with van der Waals surface area (Å²) in [5, 5.41) is 12.9. The first kappa shape index (κ1) is 25.7. The molecular weight excluding hydrogens is 486 g/mol. The molecule has 5 nitrogen and oxygen atoms in total. The van der Waals surface area contributed by atoms with Crippen LogP contribution in [0.1, 0.15) is 16.7 Å². The van der Waals surface area contributed by atoms with Crippen LogP contribution in [-0.4, -0.2) is 23.0 Å². The third-order valence-corrected chi connectivity index (χ3v) is 5.97. The molecule has 6 heteroatoms. The number of rotatable bonds is 10. The molecule has 0 aliphatic heterocycles. The molecule has 0 unspecified atom stereocenters. The summed E-state index contributed by atoms with van der Waals surface area (Å²) in [5.74, 6) is -0.893. The van der Waals surface area contributed by atoms with Crippen molar-refractivity contribution in [3.05, 3.63) is 131 Å². The first-order chi connectivity index (χ1) is 18.0. The van der Waals surface area contributed by atoms with Gasteiger partial charge in [-0.3, -0.25) is 4.79 Å². The Labute approximate surface area is 221 Å². The standard InChI is InChI=1S/C31H26ClNO4/c32-27-14-12-25(13-15-27)26-8-4-7-22(19-26)11-18-30(34)33-29(31(35)36)20-23-9-16-28(17-10-23)37-21-24-5-2-1-3-6-24/h1-19,29H,20-21H2,(H,33,34)(H,35,36)/b18-11+/t29-/m0/s1. The molecule has 0 saturated heterocycles. The Morgan fingerprint density at radius 1 is 0.838 bits per heavy atom. The van der Waals surface area contributed by atoms with Gasteiger partial charge in [-0.25, -0.2) is 4.79 Å². The summed E-state index contributed by atoms with van der Waals surface area (Å²) in [6.45, 7) is 0.447. The highest BCUT2D eigenvalue weighted by atomic mass is 35.5. The van der Waals surface area contributed by atoms with Crippen LogP contribution in [0.3, 0.4) is 0 Å². The molecule has 4 aromatic carbocycles. The Kier molecular flexibility index (Phi) is 8.74. The number of carboxylic acids is 1. The smallest absolute Gasteiger partial charge is 0.326 e. The first-order valence-corrected chi connectivity index (χ1v) is 12.2. The summed E-state index contributed by atoms with van der Waals surface area (Å²) in [6, 6.07) is 31.2. The van der Waals surface area contributed by atoms with Crippen LogP contribution >= 0.6 is 11.6 Å². The average Bonchev–Trinajstić information content (AvgIpc) is 2.92. The number of hydrogen-bond acceptors (Lipinski definition) is 3. The number of carbonyl (C=O) groups excluding carboxylic acids is 1. The maximum atomic E-state index is 12.5. The number of carboxylic acid groups (broad SMARTS) is 1. The minimum atomic E-state index is -1.10. The lowest BCUT2D eigenvalue weighted by atomic mass is 10.0. The van der Waals surface area contributed by atoms with E-state index in [2.05, 4.69) is 5.32 Å². The Morgan fingerprint density at radius 2 is 1.57 bits per heavy atom. The fraction of sp³-hybridized carbons (Fsp3) is 0.0968. The van der Waals surface area contributed by atoms with E-state index in [1.807, 2.05) is 78.9 Å². The highest BCUT2D eigenvalue weighted by Crippen LogP contribution is 2.23. The Balaban J connectivity index is 1.34. The van der Waals surface area contributed by atoms with Gasteiger partial charge < -0.3 is 15.2 Å². The van der Waals surface area contributed by atoms with Crippen molar-refractivity contribution < 1.29 is 19.4 Å². The van der Waals surface area contributed by atoms with Crippen LogP contribution in [0.4, 0.5) is 0 Å². The van der Waals surface area contributed by atoms with Crippen LogP contribution in [0.15, 0.2) is 109 Å². The van der Waals surface area contributed by atoms with Gasteiger partial charge in [-0.1, -0.05) is 84.4 Å². The summed E-state index contributed by atoms with van der Waals surface area (Å²) >= 11 is 5.97. The highest BCUT2D eigenvalue weighted by Gasteiger charge is 2.19. The van der Waals surface area contributed by atoms with Crippen LogP contribution in [0.25, 0.3) is 17.2 Å². The number of benzene rings is 4. The minimum Gasteiger partial charge on any atom is -0.489 e. The molecule has 0 spiro atoms. The van der Waals surface area contributed by atoms with Crippen molar-refractivity contribution >= 4 is 29.6 Å². The molecule has 0 bridgehead atoms. The van der Waals surface area contributed by atoms with Crippen LogP contribution < -0.4 is 10.1 Å². The Bertz CT molecular complexity index is 1370. The number of aliphatic carboxylic acids is 1. The number of amides is 1. The monoisotopic (exact) mass is 511 g/mol. The molecule has 0 aliphatic rings. The summed E-state index contributed by atoms with van der Waals surface area (Å²) in [6.07, 6.45) is 3.16. The third kappa shape index (κ3) is 7.82. The van der Waals surface area contributed by atoms with E-state index < -0.39 is 17.9 Å². The van der Waals surface area contributed by atoms with Crippen molar-refractivity contribution in [3.63, 3.8) is 0 Å².